The molecule has 0 unspecified atom stereocenters. The number of alkyl halides is 3. The summed E-state index contributed by atoms with van der Waals surface area (Å²) < 4.78 is 25.2. The van der Waals surface area contributed by atoms with Crippen molar-refractivity contribution >= 4 is 50.1 Å². The maximum atomic E-state index is 12.4. The van der Waals surface area contributed by atoms with Crippen LogP contribution in [0, 0.1) is 3.70 Å². The molecule has 0 saturated heterocycles. The maximum absolute atomic E-state index is 12.4. The van der Waals surface area contributed by atoms with E-state index in [0.29, 0.717) is 14.7 Å². The van der Waals surface area contributed by atoms with Gasteiger partial charge >= 0.3 is 0 Å². The zero-order valence-corrected chi connectivity index (χ0v) is 10.7. The SMILES string of the molecule is FC(F)c1cc(CBr)nc(I)c1Cl. The van der Waals surface area contributed by atoms with E-state index in [1.807, 2.05) is 22.6 Å². The van der Waals surface area contributed by atoms with E-state index in [4.69, 9.17) is 11.6 Å². The van der Waals surface area contributed by atoms with Gasteiger partial charge in [0.15, 0.2) is 0 Å². The summed E-state index contributed by atoms with van der Waals surface area (Å²) in [4.78, 5) is 4.01. The summed E-state index contributed by atoms with van der Waals surface area (Å²) in [5.74, 6) is 0. The molecular formula is C7H4BrClF2IN. The first-order valence-electron chi connectivity index (χ1n) is 3.25. The third-order valence-corrected chi connectivity index (χ3v) is 3.44. The van der Waals surface area contributed by atoms with Crippen molar-refractivity contribution in [2.45, 2.75) is 11.8 Å². The van der Waals surface area contributed by atoms with Gasteiger partial charge in [-0.15, -0.1) is 0 Å². The van der Waals surface area contributed by atoms with E-state index in [1.165, 1.54) is 6.07 Å². The Morgan fingerprint density at radius 1 is 1.62 bits per heavy atom. The summed E-state index contributed by atoms with van der Waals surface area (Å²) >= 11 is 10.6. The molecule has 0 fully saturated rings. The van der Waals surface area contributed by atoms with Crippen molar-refractivity contribution in [3.63, 3.8) is 0 Å². The highest BCUT2D eigenvalue weighted by Crippen LogP contribution is 2.30. The van der Waals surface area contributed by atoms with E-state index in [2.05, 4.69) is 20.9 Å². The second-order valence-electron chi connectivity index (χ2n) is 2.24. The first kappa shape index (κ1) is 11.6. The minimum absolute atomic E-state index is 0.0419. The fraction of sp³-hybridized carbons (Fsp3) is 0.286. The van der Waals surface area contributed by atoms with E-state index in [0.717, 1.165) is 0 Å². The molecule has 0 radical (unpaired) electrons. The van der Waals surface area contributed by atoms with Crippen molar-refractivity contribution in [2.75, 3.05) is 0 Å². The zero-order valence-electron chi connectivity index (χ0n) is 6.20. The van der Waals surface area contributed by atoms with Gasteiger partial charge in [0.05, 0.1) is 10.7 Å². The quantitative estimate of drug-likeness (QED) is 0.425. The summed E-state index contributed by atoms with van der Waals surface area (Å²) in [6, 6.07) is 1.31. The fourth-order valence-corrected chi connectivity index (χ4v) is 1.88. The molecule has 0 saturated carbocycles. The third-order valence-electron chi connectivity index (χ3n) is 1.37. The van der Waals surface area contributed by atoms with Crippen molar-refractivity contribution < 1.29 is 8.78 Å². The minimum atomic E-state index is -2.55. The number of nitrogens with zero attached hydrogens (tertiary/aromatic N) is 1. The van der Waals surface area contributed by atoms with Crippen molar-refractivity contribution in [2.24, 2.45) is 0 Å². The van der Waals surface area contributed by atoms with Gasteiger partial charge in [-0.1, -0.05) is 27.5 Å². The van der Waals surface area contributed by atoms with Crippen LogP contribution >= 0.6 is 50.1 Å². The number of rotatable bonds is 2. The Bertz CT molecular complexity index is 322. The lowest BCUT2D eigenvalue weighted by atomic mass is 10.2. The summed E-state index contributed by atoms with van der Waals surface area (Å²) in [5, 5.41) is 0.486. The van der Waals surface area contributed by atoms with Gasteiger partial charge in [-0.05, 0) is 28.7 Å². The third kappa shape index (κ3) is 2.73. The summed E-state index contributed by atoms with van der Waals surface area (Å²) in [6.07, 6.45) is -2.55. The average molecular weight is 382 g/mol. The monoisotopic (exact) mass is 381 g/mol. The molecule has 0 bridgehead atoms. The smallest absolute Gasteiger partial charge is 0.244 e. The summed E-state index contributed by atoms with van der Waals surface area (Å²) in [5.41, 5.74) is 0.402. The number of hydrogen-bond donors (Lipinski definition) is 0. The van der Waals surface area contributed by atoms with Crippen LogP contribution in [0.25, 0.3) is 0 Å². The van der Waals surface area contributed by atoms with Gasteiger partial charge < -0.3 is 0 Å². The largest absolute Gasteiger partial charge is 0.265 e. The van der Waals surface area contributed by atoms with E-state index >= 15 is 0 Å². The molecule has 0 aromatic carbocycles. The lowest BCUT2D eigenvalue weighted by molar-refractivity contribution is 0.151. The van der Waals surface area contributed by atoms with Crippen LogP contribution in [0.4, 0.5) is 8.78 Å². The van der Waals surface area contributed by atoms with E-state index in [1.54, 1.807) is 0 Å². The van der Waals surface area contributed by atoms with Crippen LogP contribution in [-0.4, -0.2) is 4.98 Å². The summed E-state index contributed by atoms with van der Waals surface area (Å²) in [7, 11) is 0. The Labute approximate surface area is 101 Å². The minimum Gasteiger partial charge on any atom is -0.244 e. The van der Waals surface area contributed by atoms with Crippen molar-refractivity contribution in [3.05, 3.63) is 26.0 Å². The van der Waals surface area contributed by atoms with Crippen LogP contribution in [0.15, 0.2) is 6.07 Å². The van der Waals surface area contributed by atoms with Crippen LogP contribution in [0.3, 0.4) is 0 Å². The predicted molar refractivity (Wildman–Crippen MR) is 59.6 cm³/mol. The van der Waals surface area contributed by atoms with Crippen LogP contribution in [0.1, 0.15) is 17.7 Å². The Hall–Kier alpha value is 0.510. The Kier molecular flexibility index (Phi) is 4.31. The molecule has 1 aromatic rings. The van der Waals surface area contributed by atoms with E-state index in [-0.39, 0.29) is 10.6 Å². The van der Waals surface area contributed by atoms with Crippen molar-refractivity contribution in [3.8, 4) is 0 Å². The molecule has 1 nitrogen and oxygen atoms in total. The molecular weight excluding hydrogens is 378 g/mol. The van der Waals surface area contributed by atoms with Crippen LogP contribution in [-0.2, 0) is 5.33 Å². The van der Waals surface area contributed by atoms with Crippen LogP contribution < -0.4 is 0 Å². The predicted octanol–water partition coefficient (Wildman–Crippen LogP) is 4.17. The average Bonchev–Trinajstić information content (AvgIpc) is 2.09. The highest BCUT2D eigenvalue weighted by molar-refractivity contribution is 14.1. The lowest BCUT2D eigenvalue weighted by Gasteiger charge is -2.06. The van der Waals surface area contributed by atoms with Gasteiger partial charge in [0.1, 0.15) is 3.70 Å². The maximum Gasteiger partial charge on any atom is 0.265 e. The second-order valence-corrected chi connectivity index (χ2v) is 4.20. The first-order valence-corrected chi connectivity index (χ1v) is 5.83. The highest BCUT2D eigenvalue weighted by atomic mass is 127. The van der Waals surface area contributed by atoms with Gasteiger partial charge in [0, 0.05) is 10.9 Å². The summed E-state index contributed by atoms with van der Waals surface area (Å²) in [6.45, 7) is 0. The van der Waals surface area contributed by atoms with Crippen molar-refractivity contribution in [1.29, 1.82) is 0 Å². The Balaban J connectivity index is 3.25. The van der Waals surface area contributed by atoms with Crippen LogP contribution in [0.5, 0.6) is 0 Å². The first-order chi connectivity index (χ1) is 6.06. The highest BCUT2D eigenvalue weighted by Gasteiger charge is 2.16. The van der Waals surface area contributed by atoms with Gasteiger partial charge in [-0.2, -0.15) is 0 Å². The second kappa shape index (κ2) is 4.84. The molecule has 0 atom stereocenters. The van der Waals surface area contributed by atoms with Crippen LogP contribution in [0.2, 0.25) is 5.02 Å². The zero-order chi connectivity index (χ0) is 10.0. The van der Waals surface area contributed by atoms with E-state index in [9.17, 15) is 8.78 Å². The number of pyridine rings is 1. The fourth-order valence-electron chi connectivity index (χ4n) is 0.797. The Morgan fingerprint density at radius 2 is 2.23 bits per heavy atom. The van der Waals surface area contributed by atoms with Gasteiger partial charge in [0.25, 0.3) is 6.43 Å². The molecule has 13 heavy (non-hydrogen) atoms. The molecule has 1 aromatic heterocycles. The molecule has 0 N–H and O–H groups in total. The Morgan fingerprint density at radius 3 is 2.69 bits per heavy atom. The van der Waals surface area contributed by atoms with Gasteiger partial charge in [-0.3, -0.25) is 0 Å². The standard InChI is InChI=1S/C7H4BrClF2IN/c8-2-3-1-4(6(10)11)5(9)7(12)13-3/h1,6H,2H2. The molecule has 1 heterocycles. The number of hydrogen-bond acceptors (Lipinski definition) is 1. The molecule has 0 amide bonds. The molecule has 0 spiro atoms. The molecule has 0 aliphatic heterocycles. The molecule has 6 heteroatoms. The lowest BCUT2D eigenvalue weighted by Crippen LogP contribution is -1.96. The number of halogens is 5. The normalized spacial score (nSPS) is 10.9. The molecule has 72 valence electrons. The topological polar surface area (TPSA) is 12.9 Å². The van der Waals surface area contributed by atoms with E-state index < -0.39 is 6.43 Å². The molecule has 1 rings (SSSR count). The van der Waals surface area contributed by atoms with Gasteiger partial charge in [-0.25, -0.2) is 13.8 Å². The molecule has 0 aliphatic carbocycles. The molecule has 0 aliphatic rings. The van der Waals surface area contributed by atoms with Crippen molar-refractivity contribution in [1.82, 2.24) is 4.98 Å². The number of aromatic nitrogens is 1. The van der Waals surface area contributed by atoms with Gasteiger partial charge in [0.2, 0.25) is 0 Å².